The standard InChI is InChI=1S/C21H24F2N2O2/c1-21(2,3)14-9-7-13(8-10-14)11-18(20(24)27)25-19(26)12-15-16(22)5-4-6-17(15)23/h4-10,18H,11-12H2,1-3H3,(H2,24,27)(H,25,26)/t18-/m1/s1. The number of carbonyl (C=O) groups is 2. The first-order valence-electron chi connectivity index (χ1n) is 8.69. The molecule has 144 valence electrons. The van der Waals surface area contributed by atoms with Crippen LogP contribution >= 0.6 is 0 Å². The topological polar surface area (TPSA) is 72.2 Å². The number of nitrogens with one attached hydrogen (secondary N) is 1. The number of hydrogen-bond donors (Lipinski definition) is 2. The molecule has 0 heterocycles. The van der Waals surface area contributed by atoms with Crippen molar-refractivity contribution in [2.45, 2.75) is 45.1 Å². The molecule has 2 aromatic rings. The predicted octanol–water partition coefficient (Wildman–Crippen LogP) is 3.02. The number of halogens is 2. The predicted molar refractivity (Wildman–Crippen MR) is 100 cm³/mol. The summed E-state index contributed by atoms with van der Waals surface area (Å²) in [6, 6.07) is 10.1. The van der Waals surface area contributed by atoms with Gasteiger partial charge >= 0.3 is 0 Å². The summed E-state index contributed by atoms with van der Waals surface area (Å²) in [5, 5.41) is 2.47. The molecule has 0 aromatic heterocycles. The molecule has 0 spiro atoms. The van der Waals surface area contributed by atoms with Crippen molar-refractivity contribution < 1.29 is 18.4 Å². The van der Waals surface area contributed by atoms with Gasteiger partial charge in [-0.1, -0.05) is 51.1 Å². The second-order valence-corrected chi connectivity index (χ2v) is 7.55. The number of benzene rings is 2. The Labute approximate surface area is 157 Å². The van der Waals surface area contributed by atoms with Gasteiger partial charge in [-0.2, -0.15) is 0 Å². The molecule has 0 aliphatic heterocycles. The van der Waals surface area contributed by atoms with Gasteiger partial charge in [-0.15, -0.1) is 0 Å². The minimum absolute atomic E-state index is 0.000334. The molecule has 0 aliphatic rings. The Kier molecular flexibility index (Phi) is 6.31. The second kappa shape index (κ2) is 8.29. The molecule has 0 saturated heterocycles. The van der Waals surface area contributed by atoms with Gasteiger partial charge in [0.05, 0.1) is 6.42 Å². The third-order valence-electron chi connectivity index (χ3n) is 4.34. The maximum absolute atomic E-state index is 13.7. The van der Waals surface area contributed by atoms with Crippen LogP contribution in [0.3, 0.4) is 0 Å². The Morgan fingerprint density at radius 1 is 1.04 bits per heavy atom. The van der Waals surface area contributed by atoms with Crippen molar-refractivity contribution >= 4 is 11.8 Å². The van der Waals surface area contributed by atoms with Gasteiger partial charge < -0.3 is 11.1 Å². The fourth-order valence-electron chi connectivity index (χ4n) is 2.71. The summed E-state index contributed by atoms with van der Waals surface area (Å²) >= 11 is 0. The summed E-state index contributed by atoms with van der Waals surface area (Å²) in [6.07, 6.45) is -0.309. The first-order valence-corrected chi connectivity index (χ1v) is 8.69. The summed E-state index contributed by atoms with van der Waals surface area (Å²) in [7, 11) is 0. The van der Waals surface area contributed by atoms with Crippen molar-refractivity contribution in [2.24, 2.45) is 5.73 Å². The molecule has 0 unspecified atom stereocenters. The fourth-order valence-corrected chi connectivity index (χ4v) is 2.71. The fraction of sp³-hybridized carbons (Fsp3) is 0.333. The molecule has 2 amide bonds. The number of amides is 2. The molecule has 0 aliphatic carbocycles. The van der Waals surface area contributed by atoms with Crippen molar-refractivity contribution in [3.05, 3.63) is 70.8 Å². The maximum Gasteiger partial charge on any atom is 0.240 e. The Bertz CT molecular complexity index is 807. The molecule has 2 aromatic carbocycles. The van der Waals surface area contributed by atoms with Crippen LogP contribution in [0.2, 0.25) is 0 Å². The summed E-state index contributed by atoms with van der Waals surface area (Å²) in [5.41, 5.74) is 7.01. The van der Waals surface area contributed by atoms with Crippen molar-refractivity contribution in [3.63, 3.8) is 0 Å². The Hall–Kier alpha value is -2.76. The van der Waals surface area contributed by atoms with E-state index < -0.39 is 35.9 Å². The normalized spacial score (nSPS) is 12.5. The lowest BCUT2D eigenvalue weighted by atomic mass is 9.86. The minimum Gasteiger partial charge on any atom is -0.368 e. The van der Waals surface area contributed by atoms with Gasteiger partial charge in [0.15, 0.2) is 0 Å². The molecule has 0 radical (unpaired) electrons. The van der Waals surface area contributed by atoms with Crippen molar-refractivity contribution in [1.29, 1.82) is 0 Å². The van der Waals surface area contributed by atoms with E-state index in [0.717, 1.165) is 23.3 Å². The highest BCUT2D eigenvalue weighted by Crippen LogP contribution is 2.22. The van der Waals surface area contributed by atoms with Crippen molar-refractivity contribution in [3.8, 4) is 0 Å². The number of nitrogens with two attached hydrogens (primary N) is 1. The number of hydrogen-bond acceptors (Lipinski definition) is 2. The molecule has 27 heavy (non-hydrogen) atoms. The van der Waals surface area contributed by atoms with E-state index in [4.69, 9.17) is 5.73 Å². The molecular formula is C21H24F2N2O2. The SMILES string of the molecule is CC(C)(C)c1ccc(C[C@@H](NC(=O)Cc2c(F)cccc2F)C(N)=O)cc1. The van der Waals surface area contributed by atoms with E-state index >= 15 is 0 Å². The second-order valence-electron chi connectivity index (χ2n) is 7.55. The first kappa shape index (κ1) is 20.6. The van der Waals surface area contributed by atoms with Crippen molar-refractivity contribution in [1.82, 2.24) is 5.32 Å². The van der Waals surface area contributed by atoms with Gasteiger partial charge in [0.25, 0.3) is 0 Å². The average molecular weight is 374 g/mol. The van der Waals surface area contributed by atoms with E-state index in [1.807, 2.05) is 24.3 Å². The van der Waals surface area contributed by atoms with Crippen LogP contribution in [-0.2, 0) is 27.8 Å². The molecule has 3 N–H and O–H groups in total. The van der Waals surface area contributed by atoms with E-state index in [9.17, 15) is 18.4 Å². The average Bonchev–Trinajstić information content (AvgIpc) is 2.57. The summed E-state index contributed by atoms with van der Waals surface area (Å²) < 4.78 is 27.4. The van der Waals surface area contributed by atoms with Crippen LogP contribution in [-0.4, -0.2) is 17.9 Å². The van der Waals surface area contributed by atoms with Gasteiger partial charge in [0.2, 0.25) is 11.8 Å². The quantitative estimate of drug-likeness (QED) is 0.816. The third-order valence-corrected chi connectivity index (χ3v) is 4.34. The maximum atomic E-state index is 13.7. The number of carbonyl (C=O) groups excluding carboxylic acids is 2. The molecule has 0 saturated carbocycles. The zero-order valence-electron chi connectivity index (χ0n) is 15.7. The lowest BCUT2D eigenvalue weighted by molar-refractivity contribution is -0.127. The summed E-state index contributed by atoms with van der Waals surface area (Å²) in [5.74, 6) is -3.00. The zero-order chi connectivity index (χ0) is 20.2. The highest BCUT2D eigenvalue weighted by atomic mass is 19.1. The Balaban J connectivity index is 2.07. The molecule has 2 rings (SSSR count). The Morgan fingerprint density at radius 3 is 2.07 bits per heavy atom. The number of primary amides is 1. The molecule has 0 fully saturated rings. The van der Waals surface area contributed by atoms with Crippen LogP contribution < -0.4 is 11.1 Å². The highest BCUT2D eigenvalue weighted by molar-refractivity contribution is 5.87. The molecular weight excluding hydrogens is 350 g/mol. The van der Waals surface area contributed by atoms with Gasteiger partial charge in [0, 0.05) is 12.0 Å². The lowest BCUT2D eigenvalue weighted by Crippen LogP contribution is -2.46. The molecule has 4 nitrogen and oxygen atoms in total. The highest BCUT2D eigenvalue weighted by Gasteiger charge is 2.21. The monoisotopic (exact) mass is 374 g/mol. The van der Waals surface area contributed by atoms with E-state index in [-0.39, 0.29) is 17.4 Å². The molecule has 6 heteroatoms. The van der Waals surface area contributed by atoms with Crippen LogP contribution in [0.4, 0.5) is 8.78 Å². The van der Waals surface area contributed by atoms with Gasteiger partial charge in [0.1, 0.15) is 17.7 Å². The van der Waals surface area contributed by atoms with Gasteiger partial charge in [-0.05, 0) is 28.7 Å². The molecule has 1 atom stereocenters. The largest absolute Gasteiger partial charge is 0.368 e. The summed E-state index contributed by atoms with van der Waals surface area (Å²) in [4.78, 5) is 23.9. The van der Waals surface area contributed by atoms with E-state index in [1.54, 1.807) is 0 Å². The third kappa shape index (κ3) is 5.61. The van der Waals surface area contributed by atoms with E-state index in [0.29, 0.717) is 0 Å². The smallest absolute Gasteiger partial charge is 0.240 e. The van der Waals surface area contributed by atoms with Crippen LogP contribution in [0, 0.1) is 11.6 Å². The summed E-state index contributed by atoms with van der Waals surface area (Å²) in [6.45, 7) is 6.28. The van der Waals surface area contributed by atoms with Gasteiger partial charge in [-0.25, -0.2) is 8.78 Å². The van der Waals surface area contributed by atoms with Gasteiger partial charge in [-0.3, -0.25) is 9.59 Å². The van der Waals surface area contributed by atoms with Crippen molar-refractivity contribution in [2.75, 3.05) is 0 Å². The molecule has 0 bridgehead atoms. The lowest BCUT2D eigenvalue weighted by Gasteiger charge is -2.20. The minimum atomic E-state index is -0.965. The van der Waals surface area contributed by atoms with Crippen LogP contribution in [0.5, 0.6) is 0 Å². The van der Waals surface area contributed by atoms with E-state index in [2.05, 4.69) is 26.1 Å². The van der Waals surface area contributed by atoms with Crippen LogP contribution in [0.25, 0.3) is 0 Å². The number of rotatable bonds is 6. The Morgan fingerprint density at radius 2 is 1.59 bits per heavy atom. The van der Waals surface area contributed by atoms with E-state index in [1.165, 1.54) is 6.07 Å². The van der Waals surface area contributed by atoms with Crippen LogP contribution in [0.1, 0.15) is 37.5 Å². The first-order chi connectivity index (χ1) is 12.6. The van der Waals surface area contributed by atoms with Crippen LogP contribution in [0.15, 0.2) is 42.5 Å². The zero-order valence-corrected chi connectivity index (χ0v) is 15.7.